The van der Waals surface area contributed by atoms with Crippen LogP contribution in [0.4, 0.5) is 17.2 Å². The Labute approximate surface area is 188 Å². The van der Waals surface area contributed by atoms with Crippen molar-refractivity contribution in [1.82, 2.24) is 9.78 Å². The van der Waals surface area contributed by atoms with E-state index in [-0.39, 0.29) is 11.3 Å². The molecule has 11 heteroatoms. The molecule has 0 bridgehead atoms. The fourth-order valence-corrected chi connectivity index (χ4v) is 3.29. The highest BCUT2D eigenvalue weighted by Gasteiger charge is 2.18. The Morgan fingerprint density at radius 1 is 1.23 bits per heavy atom. The van der Waals surface area contributed by atoms with Crippen molar-refractivity contribution in [3.63, 3.8) is 0 Å². The number of nitrogens with one attached hydrogen (secondary N) is 2. The first-order valence-corrected chi connectivity index (χ1v) is 9.93. The molecule has 0 spiro atoms. The molecule has 0 saturated carbocycles. The summed E-state index contributed by atoms with van der Waals surface area (Å²) < 4.78 is 6.49. The van der Waals surface area contributed by atoms with E-state index in [1.807, 2.05) is 0 Å². The highest BCUT2D eigenvalue weighted by Crippen LogP contribution is 2.26. The van der Waals surface area contributed by atoms with Crippen molar-refractivity contribution in [2.45, 2.75) is 6.54 Å². The third kappa shape index (κ3) is 5.72. The molecular formula is C20H19Cl2N5O4. The van der Waals surface area contributed by atoms with Crippen molar-refractivity contribution < 1.29 is 14.5 Å². The van der Waals surface area contributed by atoms with Crippen molar-refractivity contribution in [2.24, 2.45) is 0 Å². The van der Waals surface area contributed by atoms with E-state index < -0.39 is 10.8 Å². The number of carbonyl (C=O) groups is 1. The molecule has 2 N–H and O–H groups in total. The highest BCUT2D eigenvalue weighted by molar-refractivity contribution is 6.35. The molecule has 3 rings (SSSR count). The number of hydrogen-bond acceptors (Lipinski definition) is 6. The Bertz CT molecular complexity index is 1100. The summed E-state index contributed by atoms with van der Waals surface area (Å²) in [5, 5.41) is 22.3. The zero-order valence-corrected chi connectivity index (χ0v) is 18.0. The lowest BCUT2D eigenvalue weighted by Gasteiger charge is -2.11. The molecule has 0 radical (unpaired) electrons. The maximum atomic E-state index is 12.7. The number of nitro groups is 1. The normalized spacial score (nSPS) is 10.7. The van der Waals surface area contributed by atoms with Gasteiger partial charge in [-0.2, -0.15) is 5.10 Å². The van der Waals surface area contributed by atoms with Crippen molar-refractivity contribution in [2.75, 3.05) is 30.9 Å². The lowest BCUT2D eigenvalue weighted by Crippen LogP contribution is -2.17. The number of ether oxygens (including phenoxy) is 1. The predicted octanol–water partition coefficient (Wildman–Crippen LogP) is 4.46. The van der Waals surface area contributed by atoms with Gasteiger partial charge in [-0.15, -0.1) is 0 Å². The van der Waals surface area contributed by atoms with Crippen LogP contribution >= 0.6 is 23.2 Å². The van der Waals surface area contributed by atoms with Crippen LogP contribution in [0.5, 0.6) is 0 Å². The van der Waals surface area contributed by atoms with Gasteiger partial charge in [-0.3, -0.25) is 14.9 Å². The second-order valence-electron chi connectivity index (χ2n) is 6.47. The van der Waals surface area contributed by atoms with Crippen LogP contribution in [0.25, 0.3) is 0 Å². The maximum absolute atomic E-state index is 12.7. The van der Waals surface area contributed by atoms with Crippen LogP contribution in [0.15, 0.2) is 48.7 Å². The van der Waals surface area contributed by atoms with Crippen LogP contribution in [0.3, 0.4) is 0 Å². The molecule has 3 aromatic rings. The second-order valence-corrected chi connectivity index (χ2v) is 7.32. The topological polar surface area (TPSA) is 111 Å². The summed E-state index contributed by atoms with van der Waals surface area (Å²) in [6.45, 7) is 1.09. The second kappa shape index (κ2) is 10.3. The number of benzene rings is 2. The van der Waals surface area contributed by atoms with Gasteiger partial charge in [-0.1, -0.05) is 29.3 Å². The van der Waals surface area contributed by atoms with Gasteiger partial charge < -0.3 is 15.4 Å². The van der Waals surface area contributed by atoms with E-state index in [9.17, 15) is 14.9 Å². The standard InChI is InChI=1S/C20H19Cl2N5O4/c1-31-9-8-23-17-5-3-13(10-18(17)27(29)30)20(28)25-19-6-7-24-26(19)12-14-2-4-15(21)11-16(14)22/h2-7,10-11,23H,8-9,12H2,1H3,(H,25,28). The third-order valence-corrected chi connectivity index (χ3v) is 4.96. The Hall–Kier alpha value is -3.14. The van der Waals surface area contributed by atoms with E-state index in [1.165, 1.54) is 31.5 Å². The van der Waals surface area contributed by atoms with Crippen LogP contribution in [0, 0.1) is 10.1 Å². The first-order chi connectivity index (χ1) is 14.9. The average Bonchev–Trinajstić information content (AvgIpc) is 3.16. The third-order valence-electron chi connectivity index (χ3n) is 4.37. The summed E-state index contributed by atoms with van der Waals surface area (Å²) in [4.78, 5) is 23.6. The van der Waals surface area contributed by atoms with Gasteiger partial charge in [-0.25, -0.2) is 4.68 Å². The number of anilines is 2. The molecule has 0 unspecified atom stereocenters. The van der Waals surface area contributed by atoms with Gasteiger partial charge in [0.25, 0.3) is 11.6 Å². The number of amides is 1. The van der Waals surface area contributed by atoms with E-state index in [0.29, 0.717) is 41.2 Å². The van der Waals surface area contributed by atoms with Crippen LogP contribution in [0.2, 0.25) is 10.0 Å². The summed E-state index contributed by atoms with van der Waals surface area (Å²) in [5.41, 5.74) is 1.01. The van der Waals surface area contributed by atoms with Gasteiger partial charge >= 0.3 is 0 Å². The van der Waals surface area contributed by atoms with Crippen molar-refractivity contribution in [1.29, 1.82) is 0 Å². The van der Waals surface area contributed by atoms with Crippen LogP contribution in [-0.4, -0.2) is 40.9 Å². The monoisotopic (exact) mass is 463 g/mol. The van der Waals surface area contributed by atoms with E-state index >= 15 is 0 Å². The minimum absolute atomic E-state index is 0.140. The fourth-order valence-electron chi connectivity index (χ4n) is 2.83. The van der Waals surface area contributed by atoms with Crippen LogP contribution in [-0.2, 0) is 11.3 Å². The molecule has 1 heterocycles. The highest BCUT2D eigenvalue weighted by atomic mass is 35.5. The Kier molecular flexibility index (Phi) is 7.45. The van der Waals surface area contributed by atoms with Gasteiger partial charge in [-0.05, 0) is 29.8 Å². The molecule has 9 nitrogen and oxygen atoms in total. The molecule has 1 aromatic heterocycles. The Balaban J connectivity index is 1.77. The molecule has 0 fully saturated rings. The lowest BCUT2D eigenvalue weighted by molar-refractivity contribution is -0.384. The summed E-state index contributed by atoms with van der Waals surface area (Å²) in [6, 6.07) is 11.0. The molecule has 1 amide bonds. The van der Waals surface area contributed by atoms with E-state index in [0.717, 1.165) is 5.56 Å². The number of carbonyl (C=O) groups excluding carboxylic acids is 1. The first-order valence-electron chi connectivity index (χ1n) is 9.17. The minimum atomic E-state index is -0.543. The molecule has 0 aliphatic carbocycles. The summed E-state index contributed by atoms with van der Waals surface area (Å²) >= 11 is 12.1. The average molecular weight is 464 g/mol. The SMILES string of the molecule is COCCNc1ccc(C(=O)Nc2ccnn2Cc2ccc(Cl)cc2Cl)cc1[N+](=O)[O-]. The number of halogens is 2. The molecule has 0 saturated heterocycles. The molecule has 162 valence electrons. The number of aromatic nitrogens is 2. The predicted molar refractivity (Wildman–Crippen MR) is 119 cm³/mol. The number of rotatable bonds is 9. The summed E-state index contributed by atoms with van der Waals surface area (Å²) in [7, 11) is 1.54. The van der Waals surface area contributed by atoms with Gasteiger partial charge in [0, 0.05) is 41.4 Å². The van der Waals surface area contributed by atoms with Crippen molar-refractivity contribution in [3.8, 4) is 0 Å². The number of nitro benzene ring substituents is 1. The smallest absolute Gasteiger partial charge is 0.293 e. The molecule has 2 aromatic carbocycles. The minimum Gasteiger partial charge on any atom is -0.383 e. The van der Waals surface area contributed by atoms with E-state index in [2.05, 4.69) is 15.7 Å². The number of hydrogen-bond donors (Lipinski definition) is 2. The Morgan fingerprint density at radius 3 is 2.74 bits per heavy atom. The first kappa shape index (κ1) is 22.5. The zero-order valence-electron chi connectivity index (χ0n) is 16.5. The quantitative estimate of drug-likeness (QED) is 0.275. The van der Waals surface area contributed by atoms with Gasteiger partial charge in [0.15, 0.2) is 0 Å². The van der Waals surface area contributed by atoms with Gasteiger partial charge in [0.2, 0.25) is 0 Å². The van der Waals surface area contributed by atoms with Crippen molar-refractivity contribution in [3.05, 3.63) is 79.9 Å². The number of nitrogens with zero attached hydrogens (tertiary/aromatic N) is 3. The fraction of sp³-hybridized carbons (Fsp3) is 0.200. The molecule has 31 heavy (non-hydrogen) atoms. The largest absolute Gasteiger partial charge is 0.383 e. The van der Waals surface area contributed by atoms with Gasteiger partial charge in [0.05, 0.1) is 24.3 Å². The lowest BCUT2D eigenvalue weighted by atomic mass is 10.1. The van der Waals surface area contributed by atoms with Crippen molar-refractivity contribution >= 4 is 46.3 Å². The zero-order chi connectivity index (χ0) is 22.4. The summed E-state index contributed by atoms with van der Waals surface area (Å²) in [5.74, 6) is -0.0866. The molecular weight excluding hydrogens is 445 g/mol. The van der Waals surface area contributed by atoms with Crippen LogP contribution in [0.1, 0.15) is 15.9 Å². The number of methoxy groups -OCH3 is 1. The van der Waals surface area contributed by atoms with Crippen LogP contribution < -0.4 is 10.6 Å². The molecule has 0 aliphatic heterocycles. The molecule has 0 atom stereocenters. The van der Waals surface area contributed by atoms with Gasteiger partial charge in [0.1, 0.15) is 11.5 Å². The maximum Gasteiger partial charge on any atom is 0.293 e. The molecule has 0 aliphatic rings. The van der Waals surface area contributed by atoms with E-state index in [4.69, 9.17) is 27.9 Å². The van der Waals surface area contributed by atoms with E-state index in [1.54, 1.807) is 28.9 Å². The summed E-state index contributed by atoms with van der Waals surface area (Å²) in [6.07, 6.45) is 1.53. The Morgan fingerprint density at radius 2 is 2.03 bits per heavy atom.